The molecule has 0 spiro atoms. The van der Waals surface area contributed by atoms with Crippen LogP contribution < -0.4 is 5.32 Å². The van der Waals surface area contributed by atoms with Crippen LogP contribution in [-0.2, 0) is 14.1 Å². The van der Waals surface area contributed by atoms with Crippen LogP contribution in [0.5, 0.6) is 0 Å². The maximum Gasteiger partial charge on any atom is 0.276 e. The Bertz CT molecular complexity index is 510. The zero-order valence-electron chi connectivity index (χ0n) is 8.81. The molecule has 0 aliphatic rings. The van der Waals surface area contributed by atoms with Gasteiger partial charge in [0, 0.05) is 26.4 Å². The van der Waals surface area contributed by atoms with E-state index in [-0.39, 0.29) is 5.91 Å². The predicted molar refractivity (Wildman–Crippen MR) is 62.1 cm³/mol. The average molecular weight is 284 g/mol. The largest absolute Gasteiger partial charge is 0.304 e. The van der Waals surface area contributed by atoms with E-state index in [1.54, 1.807) is 37.2 Å². The fourth-order valence-electron chi connectivity index (χ4n) is 1.32. The van der Waals surface area contributed by atoms with Gasteiger partial charge < -0.3 is 5.32 Å². The van der Waals surface area contributed by atoms with Gasteiger partial charge in [-0.25, -0.2) is 0 Å². The zero-order chi connectivity index (χ0) is 11.7. The second kappa shape index (κ2) is 4.09. The van der Waals surface area contributed by atoms with Crippen molar-refractivity contribution < 1.29 is 4.79 Å². The second-order valence-electron chi connectivity index (χ2n) is 3.29. The van der Waals surface area contributed by atoms with Crippen molar-refractivity contribution in [3.05, 3.63) is 28.6 Å². The third kappa shape index (κ3) is 1.99. The molecule has 0 aromatic carbocycles. The van der Waals surface area contributed by atoms with Crippen molar-refractivity contribution in [2.24, 2.45) is 14.1 Å². The Hall–Kier alpha value is -1.63. The van der Waals surface area contributed by atoms with Crippen LogP contribution in [0, 0.1) is 0 Å². The van der Waals surface area contributed by atoms with E-state index in [1.807, 2.05) is 0 Å². The number of nitrogens with one attached hydrogen (secondary N) is 1. The Labute approximate surface area is 100 Å². The summed E-state index contributed by atoms with van der Waals surface area (Å²) in [5.74, 6) is 0.270. The summed E-state index contributed by atoms with van der Waals surface area (Å²) in [6.07, 6.45) is 3.33. The molecule has 1 N–H and O–H groups in total. The molecule has 0 bridgehead atoms. The Morgan fingerprint density at radius 3 is 2.75 bits per heavy atom. The Balaban J connectivity index is 2.21. The highest BCUT2D eigenvalue weighted by atomic mass is 79.9. The van der Waals surface area contributed by atoms with Crippen molar-refractivity contribution in [2.45, 2.75) is 0 Å². The number of rotatable bonds is 2. The van der Waals surface area contributed by atoms with Crippen molar-refractivity contribution in [2.75, 3.05) is 5.32 Å². The number of hydrogen-bond acceptors (Lipinski definition) is 3. The summed E-state index contributed by atoms with van der Waals surface area (Å²) in [5, 5.41) is 10.7. The molecular weight excluding hydrogens is 274 g/mol. The molecule has 0 fully saturated rings. The number of aromatic nitrogens is 4. The van der Waals surface area contributed by atoms with Gasteiger partial charge in [0.05, 0.1) is 10.7 Å². The van der Waals surface area contributed by atoms with Crippen molar-refractivity contribution in [1.29, 1.82) is 0 Å². The summed E-state index contributed by atoms with van der Waals surface area (Å²) in [5.41, 5.74) is 0.464. The number of carbonyl (C=O) groups excluding carboxylic acids is 1. The van der Waals surface area contributed by atoms with Crippen molar-refractivity contribution in [3.63, 3.8) is 0 Å². The minimum atomic E-state index is -0.245. The van der Waals surface area contributed by atoms with Crippen LogP contribution in [0.3, 0.4) is 0 Å². The Morgan fingerprint density at radius 2 is 2.25 bits per heavy atom. The first-order chi connectivity index (χ1) is 7.58. The van der Waals surface area contributed by atoms with Gasteiger partial charge in [-0.2, -0.15) is 10.2 Å². The lowest BCUT2D eigenvalue weighted by Crippen LogP contribution is -2.17. The van der Waals surface area contributed by atoms with E-state index in [0.717, 1.165) is 0 Å². The van der Waals surface area contributed by atoms with Gasteiger partial charge in [-0.3, -0.25) is 14.2 Å². The molecule has 0 aliphatic carbocycles. The first kappa shape index (κ1) is 10.9. The topological polar surface area (TPSA) is 64.7 Å². The maximum atomic E-state index is 11.9. The van der Waals surface area contributed by atoms with Crippen LogP contribution in [0.15, 0.2) is 22.9 Å². The van der Waals surface area contributed by atoms with Gasteiger partial charge in [0.15, 0.2) is 5.82 Å². The Morgan fingerprint density at radius 1 is 1.50 bits per heavy atom. The van der Waals surface area contributed by atoms with Crippen LogP contribution in [0.1, 0.15) is 10.5 Å². The van der Waals surface area contributed by atoms with Crippen LogP contribution in [0.2, 0.25) is 0 Å². The van der Waals surface area contributed by atoms with E-state index in [1.165, 1.54) is 4.68 Å². The zero-order valence-corrected chi connectivity index (χ0v) is 10.4. The van der Waals surface area contributed by atoms with Gasteiger partial charge >= 0.3 is 0 Å². The number of amides is 1. The summed E-state index contributed by atoms with van der Waals surface area (Å²) in [6.45, 7) is 0. The summed E-state index contributed by atoms with van der Waals surface area (Å²) in [4.78, 5) is 11.9. The van der Waals surface area contributed by atoms with E-state index in [2.05, 4.69) is 31.4 Å². The fraction of sp³-hybridized carbons (Fsp3) is 0.222. The normalized spacial score (nSPS) is 10.4. The van der Waals surface area contributed by atoms with Gasteiger partial charge in [-0.05, 0) is 15.9 Å². The standard InChI is InChI=1S/C9H10BrN5O/c1-14-4-3-7(13-14)12-9(16)8-6(10)5-11-15(8)2/h3-5H,1-2H3,(H,12,13,16). The smallest absolute Gasteiger partial charge is 0.276 e. The van der Waals surface area contributed by atoms with Gasteiger partial charge in [-0.15, -0.1) is 0 Å². The fourth-order valence-corrected chi connectivity index (χ4v) is 1.85. The first-order valence-electron chi connectivity index (χ1n) is 4.56. The highest BCUT2D eigenvalue weighted by Crippen LogP contribution is 2.16. The van der Waals surface area contributed by atoms with Crippen molar-refractivity contribution >= 4 is 27.7 Å². The summed E-state index contributed by atoms with van der Waals surface area (Å²) in [7, 11) is 3.49. The Kier molecular flexibility index (Phi) is 2.78. The molecule has 0 unspecified atom stereocenters. The number of halogens is 1. The lowest BCUT2D eigenvalue weighted by Gasteiger charge is -2.02. The molecule has 7 heteroatoms. The number of aryl methyl sites for hydroxylation is 2. The van der Waals surface area contributed by atoms with Crippen molar-refractivity contribution in [1.82, 2.24) is 19.6 Å². The predicted octanol–water partition coefficient (Wildman–Crippen LogP) is 1.17. The number of nitrogens with zero attached hydrogens (tertiary/aromatic N) is 4. The minimum absolute atomic E-state index is 0.245. The second-order valence-corrected chi connectivity index (χ2v) is 4.15. The molecule has 0 aliphatic heterocycles. The van der Waals surface area contributed by atoms with Crippen LogP contribution in [0.4, 0.5) is 5.82 Å². The molecule has 2 heterocycles. The quantitative estimate of drug-likeness (QED) is 0.900. The number of hydrogen-bond donors (Lipinski definition) is 1. The lowest BCUT2D eigenvalue weighted by atomic mass is 10.4. The van der Waals surface area contributed by atoms with Gasteiger partial charge in [0.25, 0.3) is 5.91 Å². The molecule has 0 saturated carbocycles. The molecule has 16 heavy (non-hydrogen) atoms. The molecule has 0 atom stereocenters. The molecular formula is C9H10BrN5O. The monoisotopic (exact) mass is 283 g/mol. The summed E-state index contributed by atoms with van der Waals surface area (Å²) in [6, 6.07) is 1.72. The highest BCUT2D eigenvalue weighted by molar-refractivity contribution is 9.10. The SMILES string of the molecule is Cn1ccc(NC(=O)c2c(Br)cnn2C)n1. The van der Waals surface area contributed by atoms with E-state index in [4.69, 9.17) is 0 Å². The minimum Gasteiger partial charge on any atom is -0.304 e. The number of anilines is 1. The average Bonchev–Trinajstić information content (AvgIpc) is 2.74. The van der Waals surface area contributed by atoms with Gasteiger partial charge in [0.1, 0.15) is 5.69 Å². The van der Waals surface area contributed by atoms with E-state index >= 15 is 0 Å². The van der Waals surface area contributed by atoms with E-state index in [0.29, 0.717) is 16.0 Å². The summed E-state index contributed by atoms with van der Waals surface area (Å²) >= 11 is 3.27. The van der Waals surface area contributed by atoms with Gasteiger partial charge in [-0.1, -0.05) is 0 Å². The third-order valence-corrected chi connectivity index (χ3v) is 2.64. The number of carbonyl (C=O) groups is 1. The molecule has 6 nitrogen and oxygen atoms in total. The first-order valence-corrected chi connectivity index (χ1v) is 5.35. The van der Waals surface area contributed by atoms with Crippen LogP contribution in [0.25, 0.3) is 0 Å². The van der Waals surface area contributed by atoms with Gasteiger partial charge in [0.2, 0.25) is 0 Å². The molecule has 2 rings (SSSR count). The molecule has 0 radical (unpaired) electrons. The van der Waals surface area contributed by atoms with Crippen LogP contribution in [-0.4, -0.2) is 25.5 Å². The van der Waals surface area contributed by atoms with Crippen LogP contribution >= 0.6 is 15.9 Å². The molecule has 2 aromatic rings. The van der Waals surface area contributed by atoms with E-state index in [9.17, 15) is 4.79 Å². The summed E-state index contributed by atoms with van der Waals surface area (Å²) < 4.78 is 3.78. The maximum absolute atomic E-state index is 11.9. The van der Waals surface area contributed by atoms with Crippen molar-refractivity contribution in [3.8, 4) is 0 Å². The lowest BCUT2D eigenvalue weighted by molar-refractivity contribution is 0.101. The van der Waals surface area contributed by atoms with E-state index < -0.39 is 0 Å². The molecule has 1 amide bonds. The molecule has 0 saturated heterocycles. The molecule has 84 valence electrons. The highest BCUT2D eigenvalue weighted by Gasteiger charge is 2.15. The molecule has 2 aromatic heterocycles. The third-order valence-electron chi connectivity index (χ3n) is 2.06.